The number of carbonyl (C=O) groups excluding carboxylic acids is 1. The minimum Gasteiger partial charge on any atom is -0.358 e. The number of rotatable bonds is 3. The van der Waals surface area contributed by atoms with E-state index in [0.29, 0.717) is 12.1 Å². The van der Waals surface area contributed by atoms with Crippen molar-refractivity contribution in [3.63, 3.8) is 0 Å². The Bertz CT molecular complexity index is 709. The molecule has 124 valence electrons. The second-order valence-electron chi connectivity index (χ2n) is 7.08. The third kappa shape index (κ3) is 3.27. The van der Waals surface area contributed by atoms with Crippen LogP contribution in [0.3, 0.4) is 0 Å². The maximum absolute atomic E-state index is 12.6. The van der Waals surface area contributed by atoms with Crippen LogP contribution < -0.4 is 5.32 Å². The second kappa shape index (κ2) is 6.36. The van der Waals surface area contributed by atoms with Crippen molar-refractivity contribution in [3.8, 4) is 0 Å². The highest BCUT2D eigenvalue weighted by Crippen LogP contribution is 2.24. The molecule has 4 nitrogen and oxygen atoms in total. The molecular formula is C19H27N3O. The van der Waals surface area contributed by atoms with E-state index in [0.717, 1.165) is 42.1 Å². The third-order valence-electron chi connectivity index (χ3n) is 5.33. The number of carbonyl (C=O) groups is 1. The number of benzene rings is 1. The fourth-order valence-electron chi connectivity index (χ4n) is 3.61. The average Bonchev–Trinajstić information content (AvgIpc) is 2.82. The number of aromatic amines is 1. The fourth-order valence-corrected chi connectivity index (χ4v) is 3.61. The smallest absolute Gasteiger partial charge is 0.251 e. The van der Waals surface area contributed by atoms with Gasteiger partial charge in [0.2, 0.25) is 0 Å². The Balaban J connectivity index is 1.68. The zero-order valence-corrected chi connectivity index (χ0v) is 14.6. The molecule has 0 spiro atoms. The van der Waals surface area contributed by atoms with Crippen molar-refractivity contribution in [2.75, 3.05) is 14.1 Å². The molecule has 0 bridgehead atoms. The highest BCUT2D eigenvalue weighted by Gasteiger charge is 2.23. The molecule has 0 radical (unpaired) electrons. The maximum Gasteiger partial charge on any atom is 0.251 e. The first-order valence-electron chi connectivity index (χ1n) is 8.52. The predicted octanol–water partition coefficient (Wildman–Crippen LogP) is 3.39. The number of hydrogen-bond acceptors (Lipinski definition) is 2. The zero-order chi connectivity index (χ0) is 16.6. The van der Waals surface area contributed by atoms with Gasteiger partial charge in [-0.3, -0.25) is 4.79 Å². The summed E-state index contributed by atoms with van der Waals surface area (Å²) in [6.45, 7) is 4.16. The normalized spacial score (nSPS) is 21.8. The van der Waals surface area contributed by atoms with Crippen LogP contribution in [-0.4, -0.2) is 42.0 Å². The van der Waals surface area contributed by atoms with E-state index in [1.165, 1.54) is 11.3 Å². The summed E-state index contributed by atoms with van der Waals surface area (Å²) < 4.78 is 0. The highest BCUT2D eigenvalue weighted by atomic mass is 16.1. The molecule has 1 aliphatic rings. The van der Waals surface area contributed by atoms with Crippen molar-refractivity contribution >= 4 is 16.8 Å². The number of aryl methyl sites for hydroxylation is 2. The van der Waals surface area contributed by atoms with Gasteiger partial charge in [-0.2, -0.15) is 0 Å². The lowest BCUT2D eigenvalue weighted by molar-refractivity contribution is 0.0916. The van der Waals surface area contributed by atoms with Gasteiger partial charge in [-0.25, -0.2) is 0 Å². The van der Waals surface area contributed by atoms with E-state index in [9.17, 15) is 4.79 Å². The summed E-state index contributed by atoms with van der Waals surface area (Å²) in [5, 5.41) is 4.36. The molecule has 1 fully saturated rings. The molecule has 0 unspecified atom stereocenters. The monoisotopic (exact) mass is 313 g/mol. The average molecular weight is 313 g/mol. The zero-order valence-electron chi connectivity index (χ0n) is 14.6. The Labute approximate surface area is 138 Å². The minimum absolute atomic E-state index is 0.0541. The largest absolute Gasteiger partial charge is 0.358 e. The first kappa shape index (κ1) is 16.1. The number of fused-ring (bicyclic) bond motifs is 1. The molecule has 1 saturated carbocycles. The highest BCUT2D eigenvalue weighted by molar-refractivity contribution is 5.99. The molecular weight excluding hydrogens is 286 g/mol. The van der Waals surface area contributed by atoms with Crippen LogP contribution in [0.1, 0.15) is 47.3 Å². The van der Waals surface area contributed by atoms with Gasteiger partial charge in [0, 0.05) is 34.2 Å². The van der Waals surface area contributed by atoms with Gasteiger partial charge in [0.1, 0.15) is 0 Å². The summed E-state index contributed by atoms with van der Waals surface area (Å²) in [4.78, 5) is 18.2. The van der Waals surface area contributed by atoms with E-state index < -0.39 is 0 Å². The number of hydrogen-bond donors (Lipinski definition) is 2. The lowest BCUT2D eigenvalue weighted by atomic mass is 9.90. The first-order valence-corrected chi connectivity index (χ1v) is 8.52. The molecule has 1 aromatic heterocycles. The van der Waals surface area contributed by atoms with Crippen LogP contribution in [0.2, 0.25) is 0 Å². The Morgan fingerprint density at radius 3 is 2.52 bits per heavy atom. The summed E-state index contributed by atoms with van der Waals surface area (Å²) in [6, 6.07) is 6.90. The van der Waals surface area contributed by atoms with Crippen molar-refractivity contribution in [2.45, 2.75) is 51.6 Å². The molecule has 1 heterocycles. The Morgan fingerprint density at radius 2 is 1.87 bits per heavy atom. The van der Waals surface area contributed by atoms with E-state index in [-0.39, 0.29) is 5.91 Å². The molecule has 0 atom stereocenters. The van der Waals surface area contributed by atoms with Crippen molar-refractivity contribution in [2.24, 2.45) is 0 Å². The van der Waals surface area contributed by atoms with Gasteiger partial charge in [-0.15, -0.1) is 0 Å². The minimum atomic E-state index is 0.0541. The number of amides is 1. The summed E-state index contributed by atoms with van der Waals surface area (Å²) in [7, 11) is 4.28. The number of aromatic nitrogens is 1. The van der Waals surface area contributed by atoms with E-state index >= 15 is 0 Å². The van der Waals surface area contributed by atoms with Crippen LogP contribution >= 0.6 is 0 Å². The molecule has 1 aliphatic carbocycles. The molecule has 23 heavy (non-hydrogen) atoms. The second-order valence-corrected chi connectivity index (χ2v) is 7.08. The molecule has 2 N–H and O–H groups in total. The van der Waals surface area contributed by atoms with Crippen molar-refractivity contribution < 1.29 is 4.79 Å². The standard InChI is InChI=1S/C19H27N3O/c1-12-13(2)20-18-10-5-14(11-17(12)18)19(23)21-15-6-8-16(9-7-15)22(3)4/h5,10-11,15-16,20H,6-9H2,1-4H3,(H,21,23). The molecule has 2 aromatic rings. The summed E-state index contributed by atoms with van der Waals surface area (Å²) in [5.41, 5.74) is 4.25. The molecule has 0 aliphatic heterocycles. The van der Waals surface area contributed by atoms with Crippen molar-refractivity contribution in [1.29, 1.82) is 0 Å². The summed E-state index contributed by atoms with van der Waals surface area (Å²) >= 11 is 0. The topological polar surface area (TPSA) is 48.1 Å². The van der Waals surface area contributed by atoms with E-state index in [2.05, 4.69) is 43.1 Å². The molecule has 1 amide bonds. The van der Waals surface area contributed by atoms with Gasteiger partial charge in [-0.05, 0) is 77.4 Å². The van der Waals surface area contributed by atoms with Crippen LogP contribution in [0, 0.1) is 13.8 Å². The van der Waals surface area contributed by atoms with Crippen LogP contribution in [0.4, 0.5) is 0 Å². The van der Waals surface area contributed by atoms with Gasteiger partial charge in [-0.1, -0.05) is 0 Å². The third-order valence-corrected chi connectivity index (χ3v) is 5.33. The number of nitrogens with one attached hydrogen (secondary N) is 2. The van der Waals surface area contributed by atoms with E-state index in [1.54, 1.807) is 0 Å². The van der Waals surface area contributed by atoms with Gasteiger partial charge in [0.05, 0.1) is 0 Å². The van der Waals surface area contributed by atoms with Crippen molar-refractivity contribution in [1.82, 2.24) is 15.2 Å². The summed E-state index contributed by atoms with van der Waals surface area (Å²) in [6.07, 6.45) is 4.46. The van der Waals surface area contributed by atoms with E-state index in [4.69, 9.17) is 0 Å². The lowest BCUT2D eigenvalue weighted by Crippen LogP contribution is -2.41. The maximum atomic E-state index is 12.6. The van der Waals surface area contributed by atoms with Gasteiger partial charge < -0.3 is 15.2 Å². The number of H-pyrrole nitrogens is 1. The Kier molecular flexibility index (Phi) is 4.44. The predicted molar refractivity (Wildman–Crippen MR) is 95.0 cm³/mol. The first-order chi connectivity index (χ1) is 11.0. The molecule has 3 rings (SSSR count). The van der Waals surface area contributed by atoms with Gasteiger partial charge in [0.25, 0.3) is 5.91 Å². The Hall–Kier alpha value is -1.81. The number of nitrogens with zero attached hydrogens (tertiary/aromatic N) is 1. The van der Waals surface area contributed by atoms with E-state index in [1.807, 2.05) is 18.2 Å². The van der Waals surface area contributed by atoms with Crippen molar-refractivity contribution in [3.05, 3.63) is 35.0 Å². The van der Waals surface area contributed by atoms with Crippen LogP contribution in [0.5, 0.6) is 0 Å². The lowest BCUT2D eigenvalue weighted by Gasteiger charge is -2.33. The van der Waals surface area contributed by atoms with Gasteiger partial charge in [0.15, 0.2) is 0 Å². The SMILES string of the molecule is Cc1[nH]c2ccc(C(=O)NC3CCC(N(C)C)CC3)cc2c1C. The van der Waals surface area contributed by atoms with Gasteiger partial charge >= 0.3 is 0 Å². The Morgan fingerprint density at radius 1 is 1.17 bits per heavy atom. The molecule has 0 saturated heterocycles. The molecule has 1 aromatic carbocycles. The fraction of sp³-hybridized carbons (Fsp3) is 0.526. The van der Waals surface area contributed by atoms with Crippen LogP contribution in [0.15, 0.2) is 18.2 Å². The van der Waals surface area contributed by atoms with Crippen LogP contribution in [0.25, 0.3) is 10.9 Å². The van der Waals surface area contributed by atoms with Crippen LogP contribution in [-0.2, 0) is 0 Å². The quantitative estimate of drug-likeness (QED) is 0.912. The summed E-state index contributed by atoms with van der Waals surface area (Å²) in [5.74, 6) is 0.0541. The molecule has 4 heteroatoms.